The number of aliphatic imine (C=N–C) groups is 1. The molecule has 0 amide bonds. The Morgan fingerprint density at radius 3 is 2.54 bits per heavy atom. The summed E-state index contributed by atoms with van der Waals surface area (Å²) in [6, 6.07) is 18.1. The Hall–Kier alpha value is -2.58. The summed E-state index contributed by atoms with van der Waals surface area (Å²) in [4.78, 5) is 8.26. The van der Waals surface area contributed by atoms with Crippen LogP contribution in [0.1, 0.15) is 64.0 Å². The Morgan fingerprint density at radius 2 is 1.86 bits per heavy atom. The molecule has 3 nitrogen and oxygen atoms in total. The lowest BCUT2D eigenvalue weighted by molar-refractivity contribution is 0.585. The first-order valence-electron chi connectivity index (χ1n) is 13.0. The van der Waals surface area contributed by atoms with Gasteiger partial charge in [-0.3, -0.25) is 4.99 Å². The van der Waals surface area contributed by atoms with Crippen LogP contribution in [0, 0.1) is 23.1 Å². The lowest BCUT2D eigenvalue weighted by Crippen LogP contribution is -2.25. The zero-order valence-electron chi connectivity index (χ0n) is 21.4. The molecule has 2 aliphatic rings. The van der Waals surface area contributed by atoms with E-state index in [1.165, 1.54) is 45.6 Å². The van der Waals surface area contributed by atoms with Crippen molar-refractivity contribution in [1.29, 1.82) is 5.26 Å². The van der Waals surface area contributed by atoms with Gasteiger partial charge in [-0.2, -0.15) is 5.26 Å². The molecule has 35 heavy (non-hydrogen) atoms. The standard InChI is InChI=1S/C18H20N2S.C12H18FN/c1-2-13(11-19)6-7-14-4-3-5-15(10-14)17-18-16(12-20-17)8-9-21-18;1-3-9-14(10-4-2)12-8-6-5-7-11(12)13/h3-5,10,13H,2,6-9,12H2,1H3;5-8H,3-4,9-10H2,1-2H3. The van der Waals surface area contributed by atoms with Gasteiger partial charge in [-0.05, 0) is 67.9 Å². The lowest BCUT2D eigenvalue weighted by atomic mass is 9.97. The van der Waals surface area contributed by atoms with Gasteiger partial charge in [0.1, 0.15) is 5.82 Å². The zero-order valence-corrected chi connectivity index (χ0v) is 22.2. The van der Waals surface area contributed by atoms with Crippen molar-refractivity contribution in [3.05, 3.63) is 76.0 Å². The third-order valence-corrected chi connectivity index (χ3v) is 7.63. The first-order chi connectivity index (χ1) is 17.1. The van der Waals surface area contributed by atoms with Crippen LogP contribution < -0.4 is 4.90 Å². The summed E-state index contributed by atoms with van der Waals surface area (Å²) >= 11 is 1.95. The van der Waals surface area contributed by atoms with E-state index in [-0.39, 0.29) is 11.7 Å². The zero-order chi connectivity index (χ0) is 25.0. The fourth-order valence-corrected chi connectivity index (χ4v) is 5.77. The van der Waals surface area contributed by atoms with Gasteiger partial charge in [-0.25, -0.2) is 4.39 Å². The van der Waals surface area contributed by atoms with E-state index in [4.69, 9.17) is 10.3 Å². The number of aryl methyl sites for hydroxylation is 1. The summed E-state index contributed by atoms with van der Waals surface area (Å²) in [7, 11) is 0. The number of allylic oxidation sites excluding steroid dienone is 1. The number of anilines is 1. The van der Waals surface area contributed by atoms with Crippen LogP contribution in [0.5, 0.6) is 0 Å². The van der Waals surface area contributed by atoms with Gasteiger partial charge in [0.25, 0.3) is 0 Å². The third-order valence-electron chi connectivity index (χ3n) is 6.45. The fraction of sp³-hybridized carbons (Fsp3) is 0.467. The monoisotopic (exact) mass is 491 g/mol. The van der Waals surface area contributed by atoms with Gasteiger partial charge in [0.15, 0.2) is 0 Å². The van der Waals surface area contributed by atoms with E-state index in [0.29, 0.717) is 0 Å². The molecule has 0 saturated heterocycles. The van der Waals surface area contributed by atoms with Gasteiger partial charge in [0.2, 0.25) is 0 Å². The Labute approximate surface area is 215 Å². The average Bonchev–Trinajstić information content (AvgIpc) is 3.50. The average molecular weight is 492 g/mol. The molecule has 0 spiro atoms. The molecule has 0 aromatic heterocycles. The van der Waals surface area contributed by atoms with Gasteiger partial charge >= 0.3 is 0 Å². The topological polar surface area (TPSA) is 39.4 Å². The lowest BCUT2D eigenvalue weighted by Gasteiger charge is -2.23. The van der Waals surface area contributed by atoms with Crippen molar-refractivity contribution in [2.45, 2.75) is 59.3 Å². The molecule has 1 unspecified atom stereocenters. The molecule has 4 rings (SSSR count). The molecule has 2 aliphatic heterocycles. The molecule has 0 radical (unpaired) electrons. The molecule has 0 fully saturated rings. The highest BCUT2D eigenvalue weighted by Gasteiger charge is 2.25. The van der Waals surface area contributed by atoms with Crippen molar-refractivity contribution in [2.24, 2.45) is 10.9 Å². The normalized spacial score (nSPS) is 15.1. The van der Waals surface area contributed by atoms with Gasteiger partial charge in [-0.15, -0.1) is 11.8 Å². The van der Waals surface area contributed by atoms with Crippen LogP contribution in [-0.4, -0.2) is 31.1 Å². The number of para-hydroxylation sites is 1. The summed E-state index contributed by atoms with van der Waals surface area (Å²) in [6.45, 7) is 9.06. The summed E-state index contributed by atoms with van der Waals surface area (Å²) in [5.74, 6) is 1.27. The van der Waals surface area contributed by atoms with Crippen molar-refractivity contribution in [3.63, 3.8) is 0 Å². The van der Waals surface area contributed by atoms with Crippen LogP contribution in [-0.2, 0) is 6.42 Å². The summed E-state index contributed by atoms with van der Waals surface area (Å²) < 4.78 is 13.4. The van der Waals surface area contributed by atoms with Crippen molar-refractivity contribution < 1.29 is 4.39 Å². The van der Waals surface area contributed by atoms with Crippen molar-refractivity contribution >= 4 is 23.2 Å². The van der Waals surface area contributed by atoms with Gasteiger partial charge in [-0.1, -0.05) is 51.1 Å². The second kappa shape index (κ2) is 14.1. The summed E-state index contributed by atoms with van der Waals surface area (Å²) in [6.07, 6.45) is 6.17. The number of hydrogen-bond acceptors (Lipinski definition) is 4. The first-order valence-corrected chi connectivity index (χ1v) is 14.0. The summed E-state index contributed by atoms with van der Waals surface area (Å²) in [5.41, 5.74) is 6.02. The number of rotatable bonds is 10. The Balaban J connectivity index is 0.000000214. The minimum Gasteiger partial charge on any atom is -0.369 e. The highest BCUT2D eigenvalue weighted by Crippen LogP contribution is 2.38. The SMILES string of the molecule is CCC(C#N)CCc1cccc(C2=NCC3=C2SCC3)c1.CCCN(CCC)c1ccccc1F. The molecule has 0 saturated carbocycles. The fourth-order valence-electron chi connectivity index (χ4n) is 4.52. The number of benzene rings is 2. The molecular formula is C30H38FN3S. The second-order valence-corrected chi connectivity index (χ2v) is 10.2. The molecule has 1 atom stereocenters. The van der Waals surface area contributed by atoms with Crippen LogP contribution in [0.2, 0.25) is 0 Å². The predicted molar refractivity (Wildman–Crippen MR) is 149 cm³/mol. The number of thioether (sulfide) groups is 1. The van der Waals surface area contributed by atoms with E-state index in [1.807, 2.05) is 23.9 Å². The number of nitrogens with zero attached hydrogens (tertiary/aromatic N) is 3. The molecule has 2 aromatic rings. The van der Waals surface area contributed by atoms with Crippen LogP contribution in [0.25, 0.3) is 0 Å². The molecule has 0 N–H and O–H groups in total. The molecule has 5 heteroatoms. The Morgan fingerprint density at radius 1 is 1.09 bits per heavy atom. The van der Waals surface area contributed by atoms with E-state index in [2.05, 4.69) is 56.0 Å². The number of hydrogen-bond donors (Lipinski definition) is 0. The van der Waals surface area contributed by atoms with Crippen LogP contribution in [0.3, 0.4) is 0 Å². The van der Waals surface area contributed by atoms with Gasteiger partial charge in [0, 0.05) is 35.2 Å². The molecular weight excluding hydrogens is 453 g/mol. The van der Waals surface area contributed by atoms with Crippen LogP contribution in [0.4, 0.5) is 10.1 Å². The van der Waals surface area contributed by atoms with Crippen LogP contribution >= 0.6 is 11.8 Å². The third kappa shape index (κ3) is 7.45. The molecule has 0 bridgehead atoms. The van der Waals surface area contributed by atoms with Crippen molar-refractivity contribution in [1.82, 2.24) is 0 Å². The maximum absolute atomic E-state index is 13.4. The van der Waals surface area contributed by atoms with Gasteiger partial charge in [0.05, 0.1) is 24.0 Å². The quantitative estimate of drug-likeness (QED) is 0.340. The van der Waals surface area contributed by atoms with E-state index in [1.54, 1.807) is 6.07 Å². The van der Waals surface area contributed by atoms with E-state index < -0.39 is 0 Å². The van der Waals surface area contributed by atoms with Gasteiger partial charge < -0.3 is 4.90 Å². The molecule has 2 aromatic carbocycles. The van der Waals surface area contributed by atoms with Crippen LogP contribution in [0.15, 0.2) is 64.0 Å². The maximum Gasteiger partial charge on any atom is 0.146 e. The largest absolute Gasteiger partial charge is 0.369 e. The number of halogens is 1. The Bertz CT molecular complexity index is 1060. The molecule has 0 aliphatic carbocycles. The predicted octanol–water partition coefficient (Wildman–Crippen LogP) is 7.81. The molecule has 2 heterocycles. The highest BCUT2D eigenvalue weighted by molar-refractivity contribution is 8.04. The smallest absolute Gasteiger partial charge is 0.146 e. The summed E-state index contributed by atoms with van der Waals surface area (Å²) in [5, 5.41) is 9.06. The van der Waals surface area contributed by atoms with Crippen molar-refractivity contribution in [3.8, 4) is 6.07 Å². The highest BCUT2D eigenvalue weighted by atomic mass is 32.2. The first kappa shape index (κ1) is 27.0. The second-order valence-electron chi connectivity index (χ2n) is 9.11. The van der Waals surface area contributed by atoms with E-state index in [0.717, 1.165) is 57.4 Å². The van der Waals surface area contributed by atoms with E-state index in [9.17, 15) is 4.39 Å². The Kier molecular flexibility index (Phi) is 10.9. The maximum atomic E-state index is 13.4. The minimum absolute atomic E-state index is 0.116. The minimum atomic E-state index is -0.116. The molecule has 186 valence electrons. The number of nitriles is 1. The van der Waals surface area contributed by atoms with E-state index >= 15 is 0 Å². The van der Waals surface area contributed by atoms with Crippen molar-refractivity contribution in [2.75, 3.05) is 30.3 Å².